The summed E-state index contributed by atoms with van der Waals surface area (Å²) in [6, 6.07) is 7.77. The van der Waals surface area contributed by atoms with Crippen molar-refractivity contribution in [1.82, 2.24) is 4.72 Å². The minimum absolute atomic E-state index is 0.0566. The summed E-state index contributed by atoms with van der Waals surface area (Å²) < 4.78 is 25.9. The normalized spacial score (nSPS) is 14.4. The first-order valence-corrected chi connectivity index (χ1v) is 8.51. The Morgan fingerprint density at radius 2 is 1.74 bits per heavy atom. The van der Waals surface area contributed by atoms with E-state index in [0.29, 0.717) is 0 Å². The summed E-state index contributed by atoms with van der Waals surface area (Å²) in [4.78, 5) is 0. The summed E-state index contributed by atoms with van der Waals surface area (Å²) in [5.41, 5.74) is 2.28. The molecule has 1 N–H and O–H groups in total. The lowest BCUT2D eigenvalue weighted by Crippen LogP contribution is -2.29. The van der Waals surface area contributed by atoms with Gasteiger partial charge in [0.15, 0.2) is 0 Å². The van der Waals surface area contributed by atoms with Crippen molar-refractivity contribution in [1.29, 1.82) is 0 Å². The molecule has 19 heavy (non-hydrogen) atoms. The molecule has 0 aliphatic carbocycles. The van der Waals surface area contributed by atoms with Gasteiger partial charge in [-0.25, -0.2) is 13.1 Å². The third-order valence-electron chi connectivity index (χ3n) is 2.98. The van der Waals surface area contributed by atoms with Crippen molar-refractivity contribution < 1.29 is 8.42 Å². The maximum Gasteiger partial charge on any atom is 0.213 e. The van der Waals surface area contributed by atoms with Crippen LogP contribution in [0.4, 0.5) is 0 Å². The zero-order valence-corrected chi connectivity index (χ0v) is 13.5. The van der Waals surface area contributed by atoms with Crippen molar-refractivity contribution >= 4 is 21.6 Å². The fraction of sp³-hybridized carbons (Fsp3) is 0.571. The molecule has 0 aromatic heterocycles. The standard InChI is InChI=1S/C14H22ClNO2S/c1-11(16-19(17,18)10-9-15)12-5-7-13(8-6-12)14(2,3)4/h5-8,11,16H,9-10H2,1-4H3. The van der Waals surface area contributed by atoms with E-state index in [1.807, 2.05) is 31.2 Å². The van der Waals surface area contributed by atoms with Gasteiger partial charge in [0.1, 0.15) is 0 Å². The van der Waals surface area contributed by atoms with Crippen LogP contribution in [0.5, 0.6) is 0 Å². The van der Waals surface area contributed by atoms with Crippen molar-refractivity contribution in [3.05, 3.63) is 35.4 Å². The highest BCUT2D eigenvalue weighted by molar-refractivity contribution is 7.89. The Morgan fingerprint density at radius 1 is 1.21 bits per heavy atom. The highest BCUT2D eigenvalue weighted by Crippen LogP contribution is 2.24. The molecule has 3 nitrogen and oxygen atoms in total. The van der Waals surface area contributed by atoms with Crippen molar-refractivity contribution in [2.75, 3.05) is 11.6 Å². The molecule has 0 fully saturated rings. The molecule has 1 rings (SSSR count). The van der Waals surface area contributed by atoms with E-state index in [-0.39, 0.29) is 23.1 Å². The lowest BCUT2D eigenvalue weighted by Gasteiger charge is -2.20. The minimum atomic E-state index is -3.30. The third-order valence-corrected chi connectivity index (χ3v) is 4.85. The Bertz CT molecular complexity index is 503. The minimum Gasteiger partial charge on any atom is -0.212 e. The molecule has 0 radical (unpaired) electrons. The summed E-state index contributed by atoms with van der Waals surface area (Å²) in [6.07, 6.45) is 0. The van der Waals surface area contributed by atoms with Gasteiger partial charge in [-0.05, 0) is 23.5 Å². The molecule has 0 aliphatic rings. The van der Waals surface area contributed by atoms with Crippen LogP contribution < -0.4 is 4.72 Å². The number of halogens is 1. The Labute approximate surface area is 121 Å². The number of sulfonamides is 1. The smallest absolute Gasteiger partial charge is 0.212 e. The Balaban J connectivity index is 2.82. The lowest BCUT2D eigenvalue weighted by atomic mass is 9.86. The topological polar surface area (TPSA) is 46.2 Å². The summed E-state index contributed by atoms with van der Waals surface area (Å²) in [6.45, 7) is 8.27. The number of alkyl halides is 1. The maximum absolute atomic E-state index is 11.6. The van der Waals surface area contributed by atoms with Gasteiger partial charge < -0.3 is 0 Å². The SMILES string of the molecule is CC(NS(=O)(=O)CCCl)c1ccc(C(C)(C)C)cc1. The van der Waals surface area contributed by atoms with E-state index in [0.717, 1.165) is 5.56 Å². The van der Waals surface area contributed by atoms with Crippen LogP contribution in [0, 0.1) is 0 Å². The van der Waals surface area contributed by atoms with Gasteiger partial charge in [-0.15, -0.1) is 11.6 Å². The third kappa shape index (κ3) is 5.13. The highest BCUT2D eigenvalue weighted by Gasteiger charge is 2.17. The predicted octanol–water partition coefficient (Wildman–Crippen LogP) is 3.20. The molecule has 0 saturated heterocycles. The van der Waals surface area contributed by atoms with Gasteiger partial charge in [0.05, 0.1) is 5.75 Å². The molecule has 108 valence electrons. The molecule has 1 aromatic carbocycles. The van der Waals surface area contributed by atoms with Crippen LogP contribution in [0.3, 0.4) is 0 Å². The average molecular weight is 304 g/mol. The quantitative estimate of drug-likeness (QED) is 0.849. The first-order chi connectivity index (χ1) is 8.65. The molecule has 0 amide bonds. The molecular weight excluding hydrogens is 282 g/mol. The first kappa shape index (κ1) is 16.5. The van der Waals surface area contributed by atoms with Crippen molar-refractivity contribution in [3.8, 4) is 0 Å². The predicted molar refractivity (Wildman–Crippen MR) is 81.2 cm³/mol. The van der Waals surface area contributed by atoms with Gasteiger partial charge in [0.25, 0.3) is 0 Å². The van der Waals surface area contributed by atoms with Crippen LogP contribution in [0.1, 0.15) is 44.9 Å². The lowest BCUT2D eigenvalue weighted by molar-refractivity contribution is 0.567. The van der Waals surface area contributed by atoms with Gasteiger partial charge in [0.2, 0.25) is 10.0 Å². The fourth-order valence-electron chi connectivity index (χ4n) is 1.77. The van der Waals surface area contributed by atoms with E-state index in [1.165, 1.54) is 5.56 Å². The number of hydrogen-bond acceptors (Lipinski definition) is 2. The Hall–Kier alpha value is -0.580. The monoisotopic (exact) mass is 303 g/mol. The highest BCUT2D eigenvalue weighted by atomic mass is 35.5. The van der Waals surface area contributed by atoms with Gasteiger partial charge in [-0.1, -0.05) is 45.0 Å². The molecular formula is C14H22ClNO2S. The molecule has 0 saturated carbocycles. The van der Waals surface area contributed by atoms with E-state index in [1.54, 1.807) is 0 Å². The van der Waals surface area contributed by atoms with E-state index < -0.39 is 10.0 Å². The summed E-state index contributed by atoms with van der Waals surface area (Å²) in [5, 5.41) is 0. The second-order valence-electron chi connectivity index (χ2n) is 5.72. The molecule has 0 bridgehead atoms. The van der Waals surface area contributed by atoms with Crippen LogP contribution in [-0.4, -0.2) is 20.1 Å². The Morgan fingerprint density at radius 3 is 2.16 bits per heavy atom. The second-order valence-corrected chi connectivity index (χ2v) is 7.97. The molecule has 0 aliphatic heterocycles. The molecule has 5 heteroatoms. The number of rotatable bonds is 5. The number of nitrogens with one attached hydrogen (secondary N) is 1. The average Bonchev–Trinajstić information content (AvgIpc) is 2.27. The van der Waals surface area contributed by atoms with Crippen LogP contribution >= 0.6 is 11.6 Å². The van der Waals surface area contributed by atoms with Crippen molar-refractivity contribution in [2.24, 2.45) is 0 Å². The van der Waals surface area contributed by atoms with Crippen molar-refractivity contribution in [3.63, 3.8) is 0 Å². The fourth-order valence-corrected chi connectivity index (χ4v) is 3.37. The van der Waals surface area contributed by atoms with E-state index >= 15 is 0 Å². The Kier molecular flexibility index (Phi) is 5.42. The summed E-state index contributed by atoms with van der Waals surface area (Å²) in [5.74, 6) is 0.0456. The second kappa shape index (κ2) is 6.25. The van der Waals surface area contributed by atoms with E-state index in [4.69, 9.17) is 11.6 Å². The zero-order valence-electron chi connectivity index (χ0n) is 11.9. The van der Waals surface area contributed by atoms with Gasteiger partial charge in [-0.2, -0.15) is 0 Å². The number of hydrogen-bond donors (Lipinski definition) is 1. The van der Waals surface area contributed by atoms with Gasteiger partial charge in [0, 0.05) is 11.9 Å². The largest absolute Gasteiger partial charge is 0.213 e. The summed E-state index contributed by atoms with van der Waals surface area (Å²) >= 11 is 5.47. The van der Waals surface area contributed by atoms with Crippen LogP contribution in [-0.2, 0) is 15.4 Å². The summed E-state index contributed by atoms with van der Waals surface area (Å²) in [7, 11) is -3.30. The van der Waals surface area contributed by atoms with E-state index in [2.05, 4.69) is 25.5 Å². The molecule has 0 spiro atoms. The molecule has 0 heterocycles. The molecule has 1 aromatic rings. The van der Waals surface area contributed by atoms with E-state index in [9.17, 15) is 8.42 Å². The van der Waals surface area contributed by atoms with Crippen LogP contribution in [0.15, 0.2) is 24.3 Å². The van der Waals surface area contributed by atoms with Crippen LogP contribution in [0.25, 0.3) is 0 Å². The number of benzene rings is 1. The first-order valence-electron chi connectivity index (χ1n) is 6.32. The zero-order chi connectivity index (χ0) is 14.7. The molecule has 1 atom stereocenters. The molecule has 1 unspecified atom stereocenters. The maximum atomic E-state index is 11.6. The van der Waals surface area contributed by atoms with Crippen molar-refractivity contribution in [2.45, 2.75) is 39.2 Å². The van der Waals surface area contributed by atoms with Gasteiger partial charge >= 0.3 is 0 Å². The van der Waals surface area contributed by atoms with Gasteiger partial charge in [-0.3, -0.25) is 0 Å². The van der Waals surface area contributed by atoms with Crippen LogP contribution in [0.2, 0.25) is 0 Å².